The Hall–Kier alpha value is -1.68. The first-order valence-corrected chi connectivity index (χ1v) is 6.28. The summed E-state index contributed by atoms with van der Waals surface area (Å²) in [6.07, 6.45) is 0.594. The van der Waals surface area contributed by atoms with E-state index in [1.165, 1.54) is 4.90 Å². The molecule has 1 aliphatic carbocycles. The molecule has 0 unspecified atom stereocenters. The molecule has 0 N–H and O–H groups in total. The van der Waals surface area contributed by atoms with Gasteiger partial charge in [0.15, 0.2) is 0 Å². The Kier molecular flexibility index (Phi) is 2.67. The minimum atomic E-state index is -0.266. The van der Waals surface area contributed by atoms with Gasteiger partial charge in [-0.05, 0) is 25.5 Å². The molecular weight excluding hydrogens is 230 g/mol. The van der Waals surface area contributed by atoms with Crippen LogP contribution in [-0.4, -0.2) is 24.5 Å². The van der Waals surface area contributed by atoms with Crippen molar-refractivity contribution in [3.05, 3.63) is 30.3 Å². The zero-order chi connectivity index (χ0) is 12.7. The van der Waals surface area contributed by atoms with Crippen LogP contribution in [0.4, 0.5) is 5.69 Å². The number of hydrogen-bond donors (Lipinski definition) is 0. The van der Waals surface area contributed by atoms with Gasteiger partial charge < -0.3 is 4.74 Å². The second kappa shape index (κ2) is 4.21. The van der Waals surface area contributed by atoms with Gasteiger partial charge in [0.25, 0.3) is 0 Å². The molecule has 1 aliphatic heterocycles. The quantitative estimate of drug-likeness (QED) is 0.760. The first-order valence-electron chi connectivity index (χ1n) is 6.28. The third kappa shape index (κ3) is 1.49. The van der Waals surface area contributed by atoms with Gasteiger partial charge in [-0.25, -0.2) is 4.90 Å². The summed E-state index contributed by atoms with van der Waals surface area (Å²) in [6.45, 7) is 2.49. The van der Waals surface area contributed by atoms with Crippen LogP contribution in [0.2, 0.25) is 0 Å². The summed E-state index contributed by atoms with van der Waals surface area (Å²) in [5.41, 5.74) is 0.664. The van der Waals surface area contributed by atoms with Crippen molar-refractivity contribution >= 4 is 17.5 Å². The van der Waals surface area contributed by atoms with Crippen molar-refractivity contribution in [2.45, 2.75) is 19.4 Å². The molecule has 2 aliphatic rings. The molecule has 1 aromatic carbocycles. The lowest BCUT2D eigenvalue weighted by molar-refractivity contribution is -0.140. The number of anilines is 1. The van der Waals surface area contributed by atoms with Gasteiger partial charge in [-0.1, -0.05) is 18.2 Å². The SMILES string of the molecule is CCO[C@H]1C[C@@H]2C(=O)N(c3ccccc3)C(=O)[C@H]12. The van der Waals surface area contributed by atoms with Gasteiger partial charge in [-0.2, -0.15) is 0 Å². The molecule has 0 spiro atoms. The Balaban J connectivity index is 1.87. The van der Waals surface area contributed by atoms with Crippen molar-refractivity contribution in [1.29, 1.82) is 0 Å². The second-order valence-corrected chi connectivity index (χ2v) is 4.71. The first kappa shape index (κ1) is 11.4. The summed E-state index contributed by atoms with van der Waals surface area (Å²) >= 11 is 0. The zero-order valence-corrected chi connectivity index (χ0v) is 10.2. The maximum Gasteiger partial charge on any atom is 0.240 e. The molecule has 2 fully saturated rings. The Bertz CT molecular complexity index is 485. The smallest absolute Gasteiger partial charge is 0.240 e. The molecule has 1 heterocycles. The Morgan fingerprint density at radius 2 is 1.94 bits per heavy atom. The summed E-state index contributed by atoms with van der Waals surface area (Å²) in [4.78, 5) is 25.8. The van der Waals surface area contributed by atoms with Crippen LogP contribution in [0.15, 0.2) is 30.3 Å². The molecule has 0 bridgehead atoms. The zero-order valence-electron chi connectivity index (χ0n) is 10.2. The Morgan fingerprint density at radius 1 is 1.22 bits per heavy atom. The molecule has 4 heteroatoms. The number of hydrogen-bond acceptors (Lipinski definition) is 3. The summed E-state index contributed by atoms with van der Waals surface area (Å²) in [7, 11) is 0. The van der Waals surface area contributed by atoms with E-state index in [1.54, 1.807) is 12.1 Å². The van der Waals surface area contributed by atoms with Crippen LogP contribution >= 0.6 is 0 Å². The fourth-order valence-corrected chi connectivity index (χ4v) is 2.83. The molecule has 2 amide bonds. The predicted octanol–water partition coefficient (Wildman–Crippen LogP) is 1.60. The van der Waals surface area contributed by atoms with Crippen molar-refractivity contribution in [3.8, 4) is 0 Å². The van der Waals surface area contributed by atoms with E-state index in [0.29, 0.717) is 18.7 Å². The monoisotopic (exact) mass is 245 g/mol. The molecule has 4 nitrogen and oxygen atoms in total. The van der Waals surface area contributed by atoms with E-state index in [9.17, 15) is 9.59 Å². The maximum absolute atomic E-state index is 12.3. The van der Waals surface area contributed by atoms with Crippen LogP contribution in [0.3, 0.4) is 0 Å². The summed E-state index contributed by atoms with van der Waals surface area (Å²) in [6, 6.07) is 9.10. The fourth-order valence-electron chi connectivity index (χ4n) is 2.83. The number of benzene rings is 1. The number of nitrogens with zero attached hydrogens (tertiary/aromatic N) is 1. The van der Waals surface area contributed by atoms with E-state index in [0.717, 1.165) is 0 Å². The summed E-state index contributed by atoms with van der Waals surface area (Å²) in [5.74, 6) is -0.625. The highest BCUT2D eigenvalue weighted by Crippen LogP contribution is 2.45. The van der Waals surface area contributed by atoms with E-state index in [4.69, 9.17) is 4.74 Å². The van der Waals surface area contributed by atoms with Crippen LogP contribution < -0.4 is 4.90 Å². The van der Waals surface area contributed by atoms with E-state index in [-0.39, 0.29) is 29.8 Å². The van der Waals surface area contributed by atoms with Crippen LogP contribution in [-0.2, 0) is 14.3 Å². The number of fused-ring (bicyclic) bond motifs is 1. The number of para-hydroxylation sites is 1. The van der Waals surface area contributed by atoms with E-state index >= 15 is 0 Å². The van der Waals surface area contributed by atoms with Gasteiger partial charge in [0.05, 0.1) is 23.6 Å². The van der Waals surface area contributed by atoms with Crippen LogP contribution in [0, 0.1) is 11.8 Å². The van der Waals surface area contributed by atoms with Crippen molar-refractivity contribution in [2.75, 3.05) is 11.5 Å². The van der Waals surface area contributed by atoms with Crippen molar-refractivity contribution < 1.29 is 14.3 Å². The molecule has 3 atom stereocenters. The van der Waals surface area contributed by atoms with Gasteiger partial charge in [0.2, 0.25) is 11.8 Å². The van der Waals surface area contributed by atoms with Gasteiger partial charge in [-0.3, -0.25) is 9.59 Å². The van der Waals surface area contributed by atoms with Gasteiger partial charge in [-0.15, -0.1) is 0 Å². The number of amides is 2. The number of carbonyl (C=O) groups is 2. The topological polar surface area (TPSA) is 46.6 Å². The highest BCUT2D eigenvalue weighted by molar-refractivity contribution is 6.23. The van der Waals surface area contributed by atoms with Gasteiger partial charge >= 0.3 is 0 Å². The average molecular weight is 245 g/mol. The standard InChI is InChI=1S/C14H15NO3/c1-2-18-11-8-10-12(11)14(17)15(13(10)16)9-6-4-3-5-7-9/h3-7,10-12H,2,8H2,1H3/t10-,11-,12-/m0/s1. The number of carbonyl (C=O) groups excluding carboxylic acids is 2. The van der Waals surface area contributed by atoms with E-state index in [1.807, 2.05) is 25.1 Å². The summed E-state index contributed by atoms with van der Waals surface area (Å²) < 4.78 is 5.49. The molecule has 3 rings (SSSR count). The molecule has 0 radical (unpaired) electrons. The molecule has 94 valence electrons. The lowest BCUT2D eigenvalue weighted by Crippen LogP contribution is -2.45. The highest BCUT2D eigenvalue weighted by Gasteiger charge is 2.59. The normalized spacial score (nSPS) is 30.3. The predicted molar refractivity (Wildman–Crippen MR) is 65.9 cm³/mol. The number of imide groups is 1. The van der Waals surface area contributed by atoms with Crippen LogP contribution in [0.25, 0.3) is 0 Å². The maximum atomic E-state index is 12.3. The Morgan fingerprint density at radius 3 is 2.61 bits per heavy atom. The number of rotatable bonds is 3. The average Bonchev–Trinajstić information content (AvgIpc) is 2.54. The molecule has 1 saturated carbocycles. The van der Waals surface area contributed by atoms with E-state index in [2.05, 4.69) is 0 Å². The minimum Gasteiger partial charge on any atom is -0.378 e. The molecule has 0 aromatic heterocycles. The molecule has 1 saturated heterocycles. The highest BCUT2D eigenvalue weighted by atomic mass is 16.5. The molecule has 18 heavy (non-hydrogen) atoms. The lowest BCUT2D eigenvalue weighted by Gasteiger charge is -2.35. The number of ether oxygens (including phenoxy) is 1. The third-order valence-corrected chi connectivity index (χ3v) is 3.76. The third-order valence-electron chi connectivity index (χ3n) is 3.76. The van der Waals surface area contributed by atoms with Gasteiger partial charge in [0.1, 0.15) is 0 Å². The summed E-state index contributed by atoms with van der Waals surface area (Å²) in [5, 5.41) is 0. The van der Waals surface area contributed by atoms with Crippen LogP contribution in [0.5, 0.6) is 0 Å². The van der Waals surface area contributed by atoms with Crippen molar-refractivity contribution in [1.82, 2.24) is 0 Å². The minimum absolute atomic E-state index is 0.0767. The fraction of sp³-hybridized carbons (Fsp3) is 0.429. The largest absolute Gasteiger partial charge is 0.378 e. The lowest BCUT2D eigenvalue weighted by atomic mass is 9.72. The molecular formula is C14H15NO3. The van der Waals surface area contributed by atoms with Crippen molar-refractivity contribution in [3.63, 3.8) is 0 Å². The Labute approximate surface area is 106 Å². The van der Waals surface area contributed by atoms with Crippen LogP contribution in [0.1, 0.15) is 13.3 Å². The molecule has 1 aromatic rings. The second-order valence-electron chi connectivity index (χ2n) is 4.71. The first-order chi connectivity index (χ1) is 8.74. The van der Waals surface area contributed by atoms with Crippen molar-refractivity contribution in [2.24, 2.45) is 11.8 Å². The van der Waals surface area contributed by atoms with E-state index < -0.39 is 0 Å². The van der Waals surface area contributed by atoms with Gasteiger partial charge in [0, 0.05) is 6.61 Å².